The third-order valence-electron chi connectivity index (χ3n) is 5.14. The van der Waals surface area contributed by atoms with Gasteiger partial charge in [0.2, 0.25) is 11.8 Å². The molecule has 0 aliphatic carbocycles. The summed E-state index contributed by atoms with van der Waals surface area (Å²) in [5.41, 5.74) is 17.7. The Labute approximate surface area is 177 Å². The van der Waals surface area contributed by atoms with E-state index in [0.29, 0.717) is 32.2 Å². The van der Waals surface area contributed by atoms with Crippen molar-refractivity contribution < 1.29 is 14.4 Å². The number of nitrogens with zero attached hydrogens (tertiary/aromatic N) is 2. The van der Waals surface area contributed by atoms with Crippen molar-refractivity contribution in [3.8, 4) is 0 Å². The van der Waals surface area contributed by atoms with Crippen LogP contribution in [0, 0.1) is 0 Å². The zero-order valence-electron chi connectivity index (χ0n) is 17.2. The van der Waals surface area contributed by atoms with Crippen LogP contribution in [0.1, 0.15) is 37.7 Å². The van der Waals surface area contributed by atoms with Gasteiger partial charge in [0.25, 0.3) is 0 Å². The Hall–Kier alpha value is -2.78. The third-order valence-corrected chi connectivity index (χ3v) is 5.14. The number of piperidine rings is 1. The third kappa shape index (κ3) is 6.93. The predicted octanol–water partition coefficient (Wildman–Crippen LogP) is -0.325. The number of aldehydes is 1. The van der Waals surface area contributed by atoms with Crippen LogP contribution < -0.4 is 22.5 Å². The quantitative estimate of drug-likeness (QED) is 0.176. The molecule has 7 N–H and O–H groups in total. The lowest BCUT2D eigenvalue weighted by atomic mass is 9.99. The molecule has 1 aliphatic heterocycles. The molecular weight excluding hydrogens is 384 g/mol. The Bertz CT molecular complexity index is 730. The molecule has 1 aromatic rings. The average Bonchev–Trinajstić information content (AvgIpc) is 2.76. The van der Waals surface area contributed by atoms with Crippen LogP contribution in [0.5, 0.6) is 0 Å². The number of benzene rings is 1. The van der Waals surface area contributed by atoms with Gasteiger partial charge in [0, 0.05) is 6.54 Å². The fraction of sp³-hybridized carbons (Fsp3) is 0.524. The minimum Gasteiger partial charge on any atom is -0.370 e. The minimum atomic E-state index is -0.930. The van der Waals surface area contributed by atoms with E-state index >= 15 is 0 Å². The second kappa shape index (κ2) is 12.0. The fourth-order valence-electron chi connectivity index (χ4n) is 3.57. The smallest absolute Gasteiger partial charge is 0.247 e. The van der Waals surface area contributed by atoms with Crippen LogP contribution in [0.3, 0.4) is 0 Å². The number of rotatable bonds is 10. The molecule has 1 saturated heterocycles. The molecule has 3 unspecified atom stereocenters. The summed E-state index contributed by atoms with van der Waals surface area (Å²) in [5, 5.41) is 3.15. The Morgan fingerprint density at radius 3 is 2.57 bits per heavy atom. The Balaban J connectivity index is 2.17. The van der Waals surface area contributed by atoms with Crippen molar-refractivity contribution in [1.82, 2.24) is 10.2 Å². The van der Waals surface area contributed by atoms with Crippen LogP contribution in [-0.2, 0) is 20.8 Å². The number of hydrogen-bond donors (Lipinski definition) is 4. The van der Waals surface area contributed by atoms with Crippen LogP contribution in [0.15, 0.2) is 35.3 Å². The molecule has 0 bridgehead atoms. The van der Waals surface area contributed by atoms with Crippen LogP contribution in [0.25, 0.3) is 0 Å². The van der Waals surface area contributed by atoms with Gasteiger partial charge in [-0.15, -0.1) is 0 Å². The van der Waals surface area contributed by atoms with Crippen molar-refractivity contribution in [1.29, 1.82) is 0 Å². The normalized spacial score (nSPS) is 18.1. The van der Waals surface area contributed by atoms with E-state index in [9.17, 15) is 14.4 Å². The summed E-state index contributed by atoms with van der Waals surface area (Å²) in [6, 6.07) is 7.00. The zero-order chi connectivity index (χ0) is 21.9. The molecule has 164 valence electrons. The number of hydrogen-bond acceptors (Lipinski definition) is 6. The topological polar surface area (TPSA) is 157 Å². The summed E-state index contributed by atoms with van der Waals surface area (Å²) in [6.45, 7) is 1.01. The summed E-state index contributed by atoms with van der Waals surface area (Å²) in [4.78, 5) is 43.2. The van der Waals surface area contributed by atoms with Gasteiger partial charge in [-0.1, -0.05) is 36.8 Å². The molecule has 9 nitrogen and oxygen atoms in total. The van der Waals surface area contributed by atoms with E-state index in [0.717, 1.165) is 23.3 Å². The molecule has 0 spiro atoms. The van der Waals surface area contributed by atoms with E-state index in [-0.39, 0.29) is 18.8 Å². The lowest BCUT2D eigenvalue weighted by molar-refractivity contribution is -0.152. The standard InChI is InChI=1S/C21H32N6O3/c22-17(13-15-7-2-1-3-8-15)19(29)27(20(30)18-10-4-5-11-25-18)16(14-28)9-6-12-26-21(23)24/h1-3,7-8,14,16-18,25H,4-6,9-13,22H2,(H4,23,24,26). The van der Waals surface area contributed by atoms with Gasteiger partial charge in [0.15, 0.2) is 5.96 Å². The fourth-order valence-corrected chi connectivity index (χ4v) is 3.57. The van der Waals surface area contributed by atoms with E-state index in [2.05, 4.69) is 10.3 Å². The molecule has 2 rings (SSSR count). The minimum absolute atomic E-state index is 0.0436. The second-order valence-corrected chi connectivity index (χ2v) is 7.50. The highest BCUT2D eigenvalue weighted by Gasteiger charge is 2.36. The highest BCUT2D eigenvalue weighted by Crippen LogP contribution is 2.16. The van der Waals surface area contributed by atoms with Gasteiger partial charge in [-0.05, 0) is 44.2 Å². The maximum atomic E-state index is 13.2. The first-order valence-electron chi connectivity index (χ1n) is 10.3. The van der Waals surface area contributed by atoms with E-state index in [1.54, 1.807) is 0 Å². The number of imide groups is 1. The summed E-state index contributed by atoms with van der Waals surface area (Å²) in [6.07, 6.45) is 4.10. The molecule has 30 heavy (non-hydrogen) atoms. The van der Waals surface area contributed by atoms with Crippen molar-refractivity contribution in [2.24, 2.45) is 22.2 Å². The summed E-state index contributed by atoms with van der Waals surface area (Å²) in [7, 11) is 0. The average molecular weight is 417 g/mol. The number of amides is 2. The Morgan fingerprint density at radius 1 is 1.23 bits per heavy atom. The van der Waals surface area contributed by atoms with Crippen LogP contribution in [0.2, 0.25) is 0 Å². The molecule has 0 saturated carbocycles. The number of nitrogens with two attached hydrogens (primary N) is 3. The maximum Gasteiger partial charge on any atom is 0.247 e. The predicted molar refractivity (Wildman–Crippen MR) is 115 cm³/mol. The highest BCUT2D eigenvalue weighted by atomic mass is 16.2. The molecule has 3 atom stereocenters. The summed E-state index contributed by atoms with van der Waals surface area (Å²) < 4.78 is 0. The molecule has 2 amide bonds. The molecular formula is C21H32N6O3. The second-order valence-electron chi connectivity index (χ2n) is 7.50. The van der Waals surface area contributed by atoms with Gasteiger partial charge in [0.1, 0.15) is 6.29 Å². The van der Waals surface area contributed by atoms with E-state index in [1.165, 1.54) is 0 Å². The van der Waals surface area contributed by atoms with Crippen LogP contribution in [-0.4, -0.2) is 60.2 Å². The monoisotopic (exact) mass is 416 g/mol. The number of nitrogens with one attached hydrogen (secondary N) is 1. The first-order valence-corrected chi connectivity index (χ1v) is 10.3. The first kappa shape index (κ1) is 23.5. The number of carbonyl (C=O) groups excluding carboxylic acids is 3. The lowest BCUT2D eigenvalue weighted by Gasteiger charge is -2.33. The van der Waals surface area contributed by atoms with Crippen molar-refractivity contribution in [3.05, 3.63) is 35.9 Å². The maximum absolute atomic E-state index is 13.2. The van der Waals surface area contributed by atoms with Crippen LogP contribution >= 0.6 is 0 Å². The molecule has 9 heteroatoms. The van der Waals surface area contributed by atoms with E-state index in [1.807, 2.05) is 30.3 Å². The van der Waals surface area contributed by atoms with E-state index < -0.39 is 29.9 Å². The molecule has 1 heterocycles. The number of aliphatic imine (C=N–C) groups is 1. The summed E-state index contributed by atoms with van der Waals surface area (Å²) in [5.74, 6) is -0.990. The van der Waals surface area contributed by atoms with Crippen molar-refractivity contribution in [3.63, 3.8) is 0 Å². The van der Waals surface area contributed by atoms with Crippen molar-refractivity contribution >= 4 is 24.1 Å². The van der Waals surface area contributed by atoms with Gasteiger partial charge in [-0.25, -0.2) is 0 Å². The largest absolute Gasteiger partial charge is 0.370 e. The summed E-state index contributed by atoms with van der Waals surface area (Å²) >= 11 is 0. The Morgan fingerprint density at radius 2 is 1.97 bits per heavy atom. The molecule has 0 aromatic heterocycles. The molecule has 1 aliphatic rings. The number of carbonyl (C=O) groups is 3. The molecule has 1 aromatic carbocycles. The van der Waals surface area contributed by atoms with Crippen molar-refractivity contribution in [2.45, 2.75) is 56.7 Å². The molecule has 0 radical (unpaired) electrons. The Kier molecular flexibility index (Phi) is 9.43. The first-order chi connectivity index (χ1) is 14.4. The van der Waals surface area contributed by atoms with E-state index in [4.69, 9.17) is 17.2 Å². The van der Waals surface area contributed by atoms with Gasteiger partial charge >= 0.3 is 0 Å². The number of guanidine groups is 1. The van der Waals surface area contributed by atoms with Gasteiger partial charge in [0.05, 0.1) is 18.1 Å². The van der Waals surface area contributed by atoms with Crippen molar-refractivity contribution in [2.75, 3.05) is 13.1 Å². The highest BCUT2D eigenvalue weighted by molar-refractivity contribution is 6.02. The lowest BCUT2D eigenvalue weighted by Crippen LogP contribution is -2.58. The SMILES string of the molecule is NC(N)=NCCCC(C=O)N(C(=O)C(N)Cc1ccccc1)C(=O)C1CCCCN1. The van der Waals surface area contributed by atoms with Gasteiger partial charge < -0.3 is 27.3 Å². The van der Waals surface area contributed by atoms with Crippen LogP contribution in [0.4, 0.5) is 0 Å². The molecule has 1 fully saturated rings. The van der Waals surface area contributed by atoms with Gasteiger partial charge in [-0.3, -0.25) is 19.5 Å². The zero-order valence-corrected chi connectivity index (χ0v) is 17.2. The van der Waals surface area contributed by atoms with Gasteiger partial charge in [-0.2, -0.15) is 0 Å².